The molecule has 5 heteroatoms. The first-order valence-electron chi connectivity index (χ1n) is 8.06. The van der Waals surface area contributed by atoms with E-state index in [9.17, 15) is 4.79 Å². The van der Waals surface area contributed by atoms with Crippen LogP contribution in [0.4, 0.5) is 0 Å². The van der Waals surface area contributed by atoms with Crippen LogP contribution in [0.15, 0.2) is 6.20 Å². The molecule has 0 saturated heterocycles. The lowest BCUT2D eigenvalue weighted by Gasteiger charge is -2.26. The van der Waals surface area contributed by atoms with Crippen LogP contribution in [0.2, 0.25) is 0 Å². The monoisotopic (exact) mass is 294 g/mol. The minimum Gasteiger partial charge on any atom is -0.336 e. The lowest BCUT2D eigenvalue weighted by Crippen LogP contribution is -2.38. The largest absolute Gasteiger partial charge is 0.336 e. The first-order chi connectivity index (χ1) is 10.0. The first kappa shape index (κ1) is 17.7. The van der Waals surface area contributed by atoms with Crippen molar-refractivity contribution in [3.63, 3.8) is 0 Å². The van der Waals surface area contributed by atoms with Gasteiger partial charge in [0, 0.05) is 24.8 Å². The van der Waals surface area contributed by atoms with E-state index in [4.69, 9.17) is 5.73 Å². The van der Waals surface area contributed by atoms with Crippen molar-refractivity contribution < 1.29 is 4.79 Å². The second-order valence-corrected chi connectivity index (χ2v) is 5.81. The van der Waals surface area contributed by atoms with Crippen molar-refractivity contribution in [3.8, 4) is 0 Å². The molecule has 0 unspecified atom stereocenters. The molecule has 0 aliphatic heterocycles. The quantitative estimate of drug-likeness (QED) is 0.712. The van der Waals surface area contributed by atoms with Gasteiger partial charge in [-0.15, -0.1) is 0 Å². The fraction of sp³-hybridized carbons (Fsp3) is 0.750. The highest BCUT2D eigenvalue weighted by Crippen LogP contribution is 2.14. The lowest BCUT2D eigenvalue weighted by atomic mass is 10.1. The van der Waals surface area contributed by atoms with Gasteiger partial charge in [-0.1, -0.05) is 19.8 Å². The lowest BCUT2D eigenvalue weighted by molar-refractivity contribution is 0.0701. The van der Waals surface area contributed by atoms with Gasteiger partial charge in [0.1, 0.15) is 0 Å². The Morgan fingerprint density at radius 3 is 2.67 bits per heavy atom. The Bertz CT molecular complexity index is 439. The van der Waals surface area contributed by atoms with Crippen molar-refractivity contribution in [1.82, 2.24) is 14.7 Å². The summed E-state index contributed by atoms with van der Waals surface area (Å²) in [4.78, 5) is 14.7. The van der Waals surface area contributed by atoms with Gasteiger partial charge in [-0.3, -0.25) is 9.48 Å². The number of nitrogens with two attached hydrogens (primary N) is 1. The summed E-state index contributed by atoms with van der Waals surface area (Å²) in [5.41, 5.74) is 7.19. The summed E-state index contributed by atoms with van der Waals surface area (Å²) in [6, 6.07) is 0.209. The molecule has 2 N–H and O–H groups in total. The van der Waals surface area contributed by atoms with Crippen LogP contribution in [0, 0.1) is 6.92 Å². The summed E-state index contributed by atoms with van der Waals surface area (Å²) >= 11 is 0. The van der Waals surface area contributed by atoms with Gasteiger partial charge in [0.05, 0.1) is 11.8 Å². The summed E-state index contributed by atoms with van der Waals surface area (Å²) < 4.78 is 1.88. The van der Waals surface area contributed by atoms with Gasteiger partial charge in [0.25, 0.3) is 5.91 Å². The number of nitrogens with zero attached hydrogens (tertiary/aromatic N) is 3. The van der Waals surface area contributed by atoms with E-state index in [1.54, 1.807) is 6.20 Å². The molecule has 0 fully saturated rings. The third-order valence-electron chi connectivity index (χ3n) is 3.79. The van der Waals surface area contributed by atoms with E-state index >= 15 is 0 Å². The fourth-order valence-corrected chi connectivity index (χ4v) is 2.40. The van der Waals surface area contributed by atoms with Gasteiger partial charge in [0.15, 0.2) is 0 Å². The minimum atomic E-state index is 0.0950. The van der Waals surface area contributed by atoms with Crippen LogP contribution in [0.25, 0.3) is 0 Å². The molecular weight excluding hydrogens is 264 g/mol. The molecule has 0 spiro atoms. The van der Waals surface area contributed by atoms with Gasteiger partial charge in [-0.05, 0) is 40.2 Å². The Hall–Kier alpha value is -1.36. The van der Waals surface area contributed by atoms with Crippen LogP contribution in [0.1, 0.15) is 62.5 Å². The molecule has 0 bridgehead atoms. The van der Waals surface area contributed by atoms with Crippen molar-refractivity contribution >= 4 is 5.91 Å². The SMILES string of the molecule is CCCCCN(C(=O)c1cnn(CCCN)c1C)C(C)C. The Kier molecular flexibility index (Phi) is 7.43. The van der Waals surface area contributed by atoms with Crippen LogP contribution >= 0.6 is 0 Å². The van der Waals surface area contributed by atoms with E-state index in [0.717, 1.165) is 50.0 Å². The van der Waals surface area contributed by atoms with Crippen LogP contribution in [0.3, 0.4) is 0 Å². The number of carbonyl (C=O) groups excluding carboxylic acids is 1. The summed E-state index contributed by atoms with van der Waals surface area (Å²) in [5.74, 6) is 0.0950. The number of aromatic nitrogens is 2. The molecule has 1 heterocycles. The predicted octanol–water partition coefficient (Wildman–Crippen LogP) is 2.58. The number of aryl methyl sites for hydroxylation is 1. The van der Waals surface area contributed by atoms with E-state index in [0.29, 0.717) is 6.54 Å². The minimum absolute atomic E-state index is 0.0950. The number of hydrogen-bond acceptors (Lipinski definition) is 3. The van der Waals surface area contributed by atoms with E-state index in [1.807, 2.05) is 16.5 Å². The molecule has 0 aliphatic carbocycles. The average Bonchev–Trinajstić information content (AvgIpc) is 2.81. The Morgan fingerprint density at radius 2 is 2.10 bits per heavy atom. The Labute approximate surface area is 128 Å². The molecule has 1 aromatic heterocycles. The summed E-state index contributed by atoms with van der Waals surface area (Å²) in [7, 11) is 0. The number of carbonyl (C=O) groups is 1. The zero-order valence-corrected chi connectivity index (χ0v) is 13.9. The van der Waals surface area contributed by atoms with Crippen LogP contribution in [-0.4, -0.2) is 39.7 Å². The van der Waals surface area contributed by atoms with Crippen molar-refractivity contribution in [2.75, 3.05) is 13.1 Å². The zero-order chi connectivity index (χ0) is 15.8. The second kappa shape index (κ2) is 8.82. The van der Waals surface area contributed by atoms with E-state index in [-0.39, 0.29) is 11.9 Å². The Morgan fingerprint density at radius 1 is 1.38 bits per heavy atom. The molecule has 1 rings (SSSR count). The number of hydrogen-bond donors (Lipinski definition) is 1. The fourth-order valence-electron chi connectivity index (χ4n) is 2.40. The van der Waals surface area contributed by atoms with Crippen molar-refractivity contribution in [3.05, 3.63) is 17.5 Å². The van der Waals surface area contributed by atoms with Crippen LogP contribution in [-0.2, 0) is 6.54 Å². The molecule has 0 atom stereocenters. The van der Waals surface area contributed by atoms with Gasteiger partial charge < -0.3 is 10.6 Å². The van der Waals surface area contributed by atoms with Crippen molar-refractivity contribution in [1.29, 1.82) is 0 Å². The summed E-state index contributed by atoms with van der Waals surface area (Å²) in [5, 5.41) is 4.33. The normalized spacial score (nSPS) is 11.1. The zero-order valence-electron chi connectivity index (χ0n) is 13.9. The third kappa shape index (κ3) is 4.84. The Balaban J connectivity index is 2.81. The molecular formula is C16H30N4O. The van der Waals surface area contributed by atoms with Gasteiger partial charge in [-0.25, -0.2) is 0 Å². The number of amides is 1. The molecule has 21 heavy (non-hydrogen) atoms. The smallest absolute Gasteiger partial charge is 0.257 e. The second-order valence-electron chi connectivity index (χ2n) is 5.81. The molecule has 0 aliphatic rings. The number of rotatable bonds is 9. The molecule has 0 aromatic carbocycles. The predicted molar refractivity (Wildman–Crippen MR) is 86.3 cm³/mol. The van der Waals surface area contributed by atoms with E-state index in [1.165, 1.54) is 0 Å². The topological polar surface area (TPSA) is 64.2 Å². The highest BCUT2D eigenvalue weighted by atomic mass is 16.2. The molecule has 5 nitrogen and oxygen atoms in total. The maximum Gasteiger partial charge on any atom is 0.257 e. The maximum atomic E-state index is 12.7. The van der Waals surface area contributed by atoms with Crippen LogP contribution < -0.4 is 5.73 Å². The standard InChI is InChI=1S/C16H30N4O/c1-5-6-7-10-19(13(2)3)16(21)15-12-18-20(14(15)4)11-8-9-17/h12-13H,5-11,17H2,1-4H3. The molecule has 1 amide bonds. The van der Waals surface area contributed by atoms with Gasteiger partial charge >= 0.3 is 0 Å². The van der Waals surface area contributed by atoms with Crippen molar-refractivity contribution in [2.45, 2.75) is 66.0 Å². The molecule has 1 aromatic rings. The maximum absolute atomic E-state index is 12.7. The summed E-state index contributed by atoms with van der Waals surface area (Å²) in [6.45, 7) is 10.5. The highest BCUT2D eigenvalue weighted by Gasteiger charge is 2.22. The number of unbranched alkanes of at least 4 members (excludes halogenated alkanes) is 2. The van der Waals surface area contributed by atoms with Gasteiger partial charge in [0.2, 0.25) is 0 Å². The van der Waals surface area contributed by atoms with Crippen LogP contribution in [0.5, 0.6) is 0 Å². The molecule has 0 saturated carbocycles. The van der Waals surface area contributed by atoms with E-state index < -0.39 is 0 Å². The van der Waals surface area contributed by atoms with Gasteiger partial charge in [-0.2, -0.15) is 5.10 Å². The molecule has 120 valence electrons. The molecule has 0 radical (unpaired) electrons. The van der Waals surface area contributed by atoms with Crippen molar-refractivity contribution in [2.24, 2.45) is 5.73 Å². The summed E-state index contributed by atoms with van der Waals surface area (Å²) in [6.07, 6.45) is 5.95. The highest BCUT2D eigenvalue weighted by molar-refractivity contribution is 5.95. The first-order valence-corrected chi connectivity index (χ1v) is 8.06. The average molecular weight is 294 g/mol. The van der Waals surface area contributed by atoms with E-state index in [2.05, 4.69) is 25.9 Å². The third-order valence-corrected chi connectivity index (χ3v) is 3.79.